The number of nitrogens with one attached hydrogen (secondary N) is 1. The Morgan fingerprint density at radius 2 is 2.08 bits per heavy atom. The van der Waals surface area contributed by atoms with Crippen molar-refractivity contribution in [3.8, 4) is 11.6 Å². The summed E-state index contributed by atoms with van der Waals surface area (Å²) in [5, 5.41) is 2.74. The minimum atomic E-state index is -1.02. The largest absolute Gasteiger partial charge is 0.469 e. The molecule has 0 bridgehead atoms. The van der Waals surface area contributed by atoms with Crippen LogP contribution in [-0.2, 0) is 6.54 Å². The van der Waals surface area contributed by atoms with Gasteiger partial charge in [-0.1, -0.05) is 6.07 Å². The van der Waals surface area contributed by atoms with Crippen molar-refractivity contribution in [3.05, 3.63) is 77.4 Å². The Kier molecular flexibility index (Phi) is 4.74. The van der Waals surface area contributed by atoms with Gasteiger partial charge in [-0.3, -0.25) is 4.79 Å². The molecule has 0 unspecified atom stereocenters. The normalized spacial score (nSPS) is 10.5. The minimum absolute atomic E-state index is 0.107. The molecule has 0 aliphatic heterocycles. The van der Waals surface area contributed by atoms with Crippen LogP contribution in [-0.4, -0.2) is 10.9 Å². The zero-order valence-electron chi connectivity index (χ0n) is 13.3. The van der Waals surface area contributed by atoms with Crippen molar-refractivity contribution in [1.82, 2.24) is 10.3 Å². The second-order valence-corrected chi connectivity index (χ2v) is 5.22. The number of ether oxygens (including phenoxy) is 1. The van der Waals surface area contributed by atoms with Crippen LogP contribution in [0.25, 0.3) is 0 Å². The van der Waals surface area contributed by atoms with Gasteiger partial charge in [0.2, 0.25) is 5.88 Å². The van der Waals surface area contributed by atoms with E-state index in [0.29, 0.717) is 16.9 Å². The zero-order chi connectivity index (χ0) is 17.8. The number of carbonyl (C=O) groups is 1. The molecule has 2 heterocycles. The molecule has 0 aliphatic rings. The Morgan fingerprint density at radius 1 is 1.24 bits per heavy atom. The van der Waals surface area contributed by atoms with Crippen LogP contribution in [0.1, 0.15) is 21.7 Å². The number of aryl methyl sites for hydroxylation is 1. The molecule has 0 radical (unpaired) electrons. The molecule has 0 saturated carbocycles. The van der Waals surface area contributed by atoms with E-state index in [0.717, 1.165) is 12.1 Å². The second kappa shape index (κ2) is 7.12. The van der Waals surface area contributed by atoms with E-state index in [1.54, 1.807) is 25.1 Å². The molecule has 0 aliphatic carbocycles. The average Bonchev–Trinajstić information content (AvgIpc) is 3.03. The molecular weight excluding hydrogens is 330 g/mol. The van der Waals surface area contributed by atoms with Gasteiger partial charge in [0.15, 0.2) is 11.6 Å². The number of carbonyl (C=O) groups excluding carboxylic acids is 1. The number of pyridine rings is 1. The highest BCUT2D eigenvalue weighted by molar-refractivity contribution is 5.95. The van der Waals surface area contributed by atoms with Crippen LogP contribution in [0.3, 0.4) is 0 Å². The molecular formula is C18H14F2N2O3. The topological polar surface area (TPSA) is 64.4 Å². The summed E-state index contributed by atoms with van der Waals surface area (Å²) < 4.78 is 36.9. The molecule has 5 nitrogen and oxygen atoms in total. The molecule has 1 amide bonds. The van der Waals surface area contributed by atoms with Crippen LogP contribution in [0.15, 0.2) is 53.3 Å². The first kappa shape index (κ1) is 16.6. The van der Waals surface area contributed by atoms with Gasteiger partial charge in [-0.2, -0.15) is 0 Å². The fraction of sp³-hybridized carbons (Fsp3) is 0.111. The Balaban J connectivity index is 1.73. The summed E-state index contributed by atoms with van der Waals surface area (Å²) in [5.74, 6) is -1.46. The molecule has 3 aromatic rings. The lowest BCUT2D eigenvalue weighted by Crippen LogP contribution is -2.23. The highest BCUT2D eigenvalue weighted by Gasteiger charge is 2.13. The molecule has 2 aromatic heterocycles. The number of benzene rings is 1. The minimum Gasteiger partial charge on any atom is -0.469 e. The molecule has 7 heteroatoms. The predicted molar refractivity (Wildman–Crippen MR) is 85.3 cm³/mol. The highest BCUT2D eigenvalue weighted by atomic mass is 19.2. The van der Waals surface area contributed by atoms with Crippen molar-refractivity contribution in [2.24, 2.45) is 0 Å². The lowest BCUT2D eigenvalue weighted by atomic mass is 10.2. The van der Waals surface area contributed by atoms with Gasteiger partial charge >= 0.3 is 0 Å². The van der Waals surface area contributed by atoms with Crippen molar-refractivity contribution in [3.63, 3.8) is 0 Å². The standard InChI is InChI=1S/C18H14F2N2O3/c1-11-14(6-8-24-11)17(23)22-10-12-3-2-7-21-18(12)25-13-4-5-15(19)16(20)9-13/h2-9H,10H2,1H3,(H,22,23). The predicted octanol–water partition coefficient (Wildman–Crippen LogP) is 3.98. The first-order valence-corrected chi connectivity index (χ1v) is 7.43. The second-order valence-electron chi connectivity index (χ2n) is 5.22. The van der Waals surface area contributed by atoms with Gasteiger partial charge in [-0.25, -0.2) is 13.8 Å². The van der Waals surface area contributed by atoms with E-state index in [9.17, 15) is 13.6 Å². The molecule has 0 spiro atoms. The molecule has 0 fully saturated rings. The molecule has 128 valence electrons. The van der Waals surface area contributed by atoms with Crippen LogP contribution in [0.2, 0.25) is 0 Å². The summed E-state index contributed by atoms with van der Waals surface area (Å²) in [6, 6.07) is 8.17. The lowest BCUT2D eigenvalue weighted by molar-refractivity contribution is 0.0949. The van der Waals surface area contributed by atoms with Gasteiger partial charge in [0.1, 0.15) is 11.5 Å². The number of halogens is 2. The van der Waals surface area contributed by atoms with Crippen LogP contribution in [0, 0.1) is 18.6 Å². The Hall–Kier alpha value is -3.22. The van der Waals surface area contributed by atoms with Crippen molar-refractivity contribution in [2.45, 2.75) is 13.5 Å². The Labute approximate surface area is 142 Å². The van der Waals surface area contributed by atoms with E-state index in [-0.39, 0.29) is 24.1 Å². The third-order valence-corrected chi connectivity index (χ3v) is 3.50. The monoisotopic (exact) mass is 344 g/mol. The third kappa shape index (κ3) is 3.82. The molecule has 3 rings (SSSR count). The summed E-state index contributed by atoms with van der Waals surface area (Å²) in [6.07, 6.45) is 2.94. The van der Waals surface area contributed by atoms with Crippen LogP contribution in [0.5, 0.6) is 11.6 Å². The van der Waals surface area contributed by atoms with Gasteiger partial charge in [-0.05, 0) is 31.2 Å². The summed E-state index contributed by atoms with van der Waals surface area (Å²) in [6.45, 7) is 1.84. The van der Waals surface area contributed by atoms with Crippen molar-refractivity contribution in [1.29, 1.82) is 0 Å². The molecule has 0 saturated heterocycles. The number of nitrogens with zero attached hydrogens (tertiary/aromatic N) is 1. The fourth-order valence-electron chi connectivity index (χ4n) is 2.19. The van der Waals surface area contributed by atoms with Crippen LogP contribution < -0.4 is 10.1 Å². The fourth-order valence-corrected chi connectivity index (χ4v) is 2.19. The smallest absolute Gasteiger partial charge is 0.255 e. The van der Waals surface area contributed by atoms with E-state index in [1.807, 2.05) is 0 Å². The highest BCUT2D eigenvalue weighted by Crippen LogP contribution is 2.24. The van der Waals surface area contributed by atoms with Gasteiger partial charge < -0.3 is 14.5 Å². The molecule has 1 aromatic carbocycles. The summed E-state index contributed by atoms with van der Waals surface area (Å²) in [7, 11) is 0. The average molecular weight is 344 g/mol. The number of furan rings is 1. The molecule has 1 N–H and O–H groups in total. The molecule has 0 atom stereocenters. The van der Waals surface area contributed by atoms with Crippen LogP contribution in [0.4, 0.5) is 8.78 Å². The Morgan fingerprint density at radius 3 is 2.80 bits per heavy atom. The van der Waals surface area contributed by atoms with E-state index in [1.165, 1.54) is 18.5 Å². The summed E-state index contributed by atoms with van der Waals surface area (Å²) in [4.78, 5) is 16.2. The number of hydrogen-bond donors (Lipinski definition) is 1. The Bertz CT molecular complexity index is 909. The summed E-state index contributed by atoms with van der Waals surface area (Å²) in [5.41, 5.74) is 1.02. The van der Waals surface area contributed by atoms with Gasteiger partial charge in [0, 0.05) is 24.4 Å². The van der Waals surface area contributed by atoms with Crippen molar-refractivity contribution >= 4 is 5.91 Å². The number of rotatable bonds is 5. The van der Waals surface area contributed by atoms with Crippen LogP contribution >= 0.6 is 0 Å². The lowest BCUT2D eigenvalue weighted by Gasteiger charge is -2.11. The quantitative estimate of drug-likeness (QED) is 0.760. The van der Waals surface area contributed by atoms with Gasteiger partial charge in [0.25, 0.3) is 5.91 Å². The number of hydrogen-bond acceptors (Lipinski definition) is 4. The van der Waals surface area contributed by atoms with E-state index in [4.69, 9.17) is 9.15 Å². The number of aromatic nitrogens is 1. The first-order chi connectivity index (χ1) is 12.0. The maximum absolute atomic E-state index is 13.3. The summed E-state index contributed by atoms with van der Waals surface area (Å²) >= 11 is 0. The van der Waals surface area contributed by atoms with E-state index in [2.05, 4.69) is 10.3 Å². The first-order valence-electron chi connectivity index (χ1n) is 7.43. The van der Waals surface area contributed by atoms with Crippen molar-refractivity contribution in [2.75, 3.05) is 0 Å². The maximum atomic E-state index is 13.3. The SMILES string of the molecule is Cc1occc1C(=O)NCc1cccnc1Oc1ccc(F)c(F)c1. The molecule has 25 heavy (non-hydrogen) atoms. The zero-order valence-corrected chi connectivity index (χ0v) is 13.3. The van der Waals surface area contributed by atoms with Crippen molar-refractivity contribution < 1.29 is 22.7 Å². The maximum Gasteiger partial charge on any atom is 0.255 e. The van der Waals surface area contributed by atoms with E-state index < -0.39 is 11.6 Å². The number of amides is 1. The third-order valence-electron chi connectivity index (χ3n) is 3.50. The van der Waals surface area contributed by atoms with Gasteiger partial charge in [0.05, 0.1) is 11.8 Å². The van der Waals surface area contributed by atoms with E-state index >= 15 is 0 Å². The van der Waals surface area contributed by atoms with Gasteiger partial charge in [-0.15, -0.1) is 0 Å².